The van der Waals surface area contributed by atoms with Crippen LogP contribution < -0.4 is 0 Å². The Hall–Kier alpha value is -2.38. The van der Waals surface area contributed by atoms with Crippen molar-refractivity contribution in [3.63, 3.8) is 0 Å². The van der Waals surface area contributed by atoms with E-state index in [9.17, 15) is 4.79 Å². The summed E-state index contributed by atoms with van der Waals surface area (Å²) in [4.78, 5) is 18.6. The summed E-state index contributed by atoms with van der Waals surface area (Å²) in [5, 5.41) is 9.07. The second-order valence-corrected chi connectivity index (χ2v) is 7.17. The van der Waals surface area contributed by atoms with Gasteiger partial charge in [-0.2, -0.15) is 5.10 Å². The predicted octanol–water partition coefficient (Wildman–Crippen LogP) is 2.73. The topological polar surface area (TPSA) is 65.4 Å². The molecule has 6 nitrogen and oxygen atoms in total. The van der Waals surface area contributed by atoms with Crippen molar-refractivity contribution in [3.8, 4) is 11.3 Å². The van der Waals surface area contributed by atoms with Gasteiger partial charge in [-0.1, -0.05) is 6.07 Å². The smallest absolute Gasteiger partial charge is 0.257 e. The van der Waals surface area contributed by atoms with E-state index in [1.54, 1.807) is 30.1 Å². The van der Waals surface area contributed by atoms with Gasteiger partial charge in [0.2, 0.25) is 0 Å². The molecule has 7 heteroatoms. The molecule has 0 aliphatic carbocycles. The van der Waals surface area contributed by atoms with Crippen LogP contribution >= 0.6 is 11.3 Å². The van der Waals surface area contributed by atoms with E-state index in [-0.39, 0.29) is 5.91 Å². The summed E-state index contributed by atoms with van der Waals surface area (Å²) in [7, 11) is 0. The van der Waals surface area contributed by atoms with Crippen molar-refractivity contribution in [2.24, 2.45) is 0 Å². The average Bonchev–Trinajstić information content (AvgIpc) is 3.41. The third-order valence-electron chi connectivity index (χ3n) is 4.59. The van der Waals surface area contributed by atoms with Crippen LogP contribution in [0.2, 0.25) is 0 Å². The molecular weight excluding hydrogens is 336 g/mol. The van der Waals surface area contributed by atoms with E-state index >= 15 is 0 Å². The van der Waals surface area contributed by atoms with Crippen LogP contribution in [0.25, 0.3) is 11.3 Å². The van der Waals surface area contributed by atoms with Crippen LogP contribution in [0, 0.1) is 0 Å². The lowest BCUT2D eigenvalue weighted by Gasteiger charge is -2.34. The monoisotopic (exact) mass is 356 g/mol. The van der Waals surface area contributed by atoms with Gasteiger partial charge in [-0.15, -0.1) is 11.3 Å². The van der Waals surface area contributed by atoms with E-state index in [2.05, 4.69) is 32.6 Å². The standard InChI is InChI=1S/C18H20N4O2S/c23-18(16-12-19-20-17(16)14-4-10-24-13-14)22-8-6-21(7-9-22)5-3-15-2-1-11-25-15/h1-2,4,10-13H,3,5-9H2,(H,19,20). The Kier molecular flexibility index (Phi) is 4.67. The average molecular weight is 356 g/mol. The molecule has 4 heterocycles. The first-order valence-electron chi connectivity index (χ1n) is 8.41. The van der Waals surface area contributed by atoms with Gasteiger partial charge in [0.1, 0.15) is 0 Å². The van der Waals surface area contributed by atoms with Crippen molar-refractivity contribution in [1.82, 2.24) is 20.0 Å². The Morgan fingerprint density at radius 1 is 1.28 bits per heavy atom. The Balaban J connectivity index is 1.35. The molecule has 0 spiro atoms. The van der Waals surface area contributed by atoms with Gasteiger partial charge in [0.05, 0.1) is 30.0 Å². The molecule has 1 aliphatic heterocycles. The molecule has 0 aromatic carbocycles. The number of H-pyrrole nitrogens is 1. The number of carbonyl (C=O) groups is 1. The Morgan fingerprint density at radius 2 is 2.16 bits per heavy atom. The zero-order valence-corrected chi connectivity index (χ0v) is 14.7. The maximum atomic E-state index is 12.8. The molecule has 1 amide bonds. The second kappa shape index (κ2) is 7.25. The van der Waals surface area contributed by atoms with E-state index in [4.69, 9.17) is 4.42 Å². The first-order chi connectivity index (χ1) is 12.3. The first kappa shape index (κ1) is 16.1. The van der Waals surface area contributed by atoms with Gasteiger partial charge in [0, 0.05) is 43.2 Å². The molecule has 3 aromatic rings. The minimum atomic E-state index is 0.0304. The number of nitrogens with zero attached hydrogens (tertiary/aromatic N) is 3. The van der Waals surface area contributed by atoms with Gasteiger partial charge >= 0.3 is 0 Å². The molecule has 1 N–H and O–H groups in total. The van der Waals surface area contributed by atoms with E-state index in [1.807, 2.05) is 11.0 Å². The molecule has 130 valence electrons. The molecule has 0 bridgehead atoms. The number of nitrogens with one attached hydrogen (secondary N) is 1. The van der Waals surface area contributed by atoms with Crippen LogP contribution in [-0.4, -0.2) is 58.6 Å². The second-order valence-electron chi connectivity index (χ2n) is 6.13. The minimum absolute atomic E-state index is 0.0304. The quantitative estimate of drug-likeness (QED) is 0.763. The summed E-state index contributed by atoms with van der Waals surface area (Å²) in [6, 6.07) is 6.10. The molecule has 25 heavy (non-hydrogen) atoms. The molecular formula is C18H20N4O2S. The van der Waals surface area contributed by atoms with Gasteiger partial charge in [0.15, 0.2) is 0 Å². The van der Waals surface area contributed by atoms with Crippen LogP contribution in [0.5, 0.6) is 0 Å². The third kappa shape index (κ3) is 3.52. The highest BCUT2D eigenvalue weighted by Gasteiger charge is 2.25. The molecule has 1 saturated heterocycles. The van der Waals surface area contributed by atoms with Crippen LogP contribution in [0.1, 0.15) is 15.2 Å². The maximum Gasteiger partial charge on any atom is 0.257 e. The molecule has 1 aliphatic rings. The van der Waals surface area contributed by atoms with Crippen molar-refractivity contribution in [3.05, 3.63) is 52.7 Å². The predicted molar refractivity (Wildman–Crippen MR) is 96.7 cm³/mol. The van der Waals surface area contributed by atoms with Crippen molar-refractivity contribution in [1.29, 1.82) is 0 Å². The number of carbonyl (C=O) groups excluding carboxylic acids is 1. The zero-order valence-electron chi connectivity index (χ0n) is 13.9. The number of furan rings is 1. The summed E-state index contributed by atoms with van der Waals surface area (Å²) in [6.07, 6.45) is 5.90. The van der Waals surface area contributed by atoms with Crippen molar-refractivity contribution < 1.29 is 9.21 Å². The molecule has 0 saturated carbocycles. The highest BCUT2D eigenvalue weighted by molar-refractivity contribution is 7.09. The van der Waals surface area contributed by atoms with Gasteiger partial charge in [0.25, 0.3) is 5.91 Å². The number of amides is 1. The van der Waals surface area contributed by atoms with Crippen molar-refractivity contribution in [2.45, 2.75) is 6.42 Å². The fourth-order valence-electron chi connectivity index (χ4n) is 3.14. The number of hydrogen-bond donors (Lipinski definition) is 1. The third-order valence-corrected chi connectivity index (χ3v) is 5.53. The largest absolute Gasteiger partial charge is 0.472 e. The first-order valence-corrected chi connectivity index (χ1v) is 9.29. The highest BCUT2D eigenvalue weighted by atomic mass is 32.1. The highest BCUT2D eigenvalue weighted by Crippen LogP contribution is 2.23. The summed E-state index contributed by atoms with van der Waals surface area (Å²) < 4.78 is 5.11. The van der Waals surface area contributed by atoms with Gasteiger partial charge in [-0.3, -0.25) is 14.8 Å². The number of hydrogen-bond acceptors (Lipinski definition) is 5. The number of aromatic amines is 1. The number of thiophene rings is 1. The van der Waals surface area contributed by atoms with Crippen LogP contribution in [0.4, 0.5) is 0 Å². The van der Waals surface area contributed by atoms with Crippen molar-refractivity contribution >= 4 is 17.2 Å². The molecule has 0 radical (unpaired) electrons. The van der Waals surface area contributed by atoms with Crippen LogP contribution in [-0.2, 0) is 6.42 Å². The fourth-order valence-corrected chi connectivity index (χ4v) is 3.84. The summed E-state index contributed by atoms with van der Waals surface area (Å²) >= 11 is 1.81. The van der Waals surface area contributed by atoms with Gasteiger partial charge < -0.3 is 9.32 Å². The Morgan fingerprint density at radius 3 is 2.88 bits per heavy atom. The minimum Gasteiger partial charge on any atom is -0.472 e. The van der Waals surface area contributed by atoms with Gasteiger partial charge in [-0.25, -0.2) is 0 Å². The number of rotatable bonds is 5. The number of piperazine rings is 1. The lowest BCUT2D eigenvalue weighted by molar-refractivity contribution is 0.0639. The summed E-state index contributed by atoms with van der Waals surface area (Å²) in [6.45, 7) is 4.37. The summed E-state index contributed by atoms with van der Waals surface area (Å²) in [5.74, 6) is 0.0304. The molecule has 0 atom stereocenters. The van der Waals surface area contributed by atoms with E-state index < -0.39 is 0 Å². The molecule has 3 aromatic heterocycles. The van der Waals surface area contributed by atoms with Crippen LogP contribution in [0.3, 0.4) is 0 Å². The van der Waals surface area contributed by atoms with E-state index in [0.717, 1.165) is 50.4 Å². The SMILES string of the molecule is O=C(c1cn[nH]c1-c1ccoc1)N1CCN(CCc2cccs2)CC1. The summed E-state index contributed by atoms with van der Waals surface area (Å²) in [5.41, 5.74) is 2.17. The maximum absolute atomic E-state index is 12.8. The lowest BCUT2D eigenvalue weighted by atomic mass is 10.1. The number of aromatic nitrogens is 2. The normalized spacial score (nSPS) is 15.6. The van der Waals surface area contributed by atoms with E-state index in [0.29, 0.717) is 5.56 Å². The lowest BCUT2D eigenvalue weighted by Crippen LogP contribution is -2.49. The Labute approximate surface area is 150 Å². The molecule has 0 unspecified atom stereocenters. The molecule has 4 rings (SSSR count). The van der Waals surface area contributed by atoms with Crippen LogP contribution in [0.15, 0.2) is 46.7 Å². The zero-order chi connectivity index (χ0) is 17.1. The Bertz CT molecular complexity index is 802. The van der Waals surface area contributed by atoms with Gasteiger partial charge in [-0.05, 0) is 23.9 Å². The fraction of sp³-hybridized carbons (Fsp3) is 0.333. The van der Waals surface area contributed by atoms with Crippen molar-refractivity contribution in [2.75, 3.05) is 32.7 Å². The van der Waals surface area contributed by atoms with E-state index in [1.165, 1.54) is 4.88 Å². The molecule has 1 fully saturated rings.